The van der Waals surface area contributed by atoms with Gasteiger partial charge in [0.05, 0.1) is 11.6 Å². The number of nitriles is 1. The Hall–Kier alpha value is -2.82. The summed E-state index contributed by atoms with van der Waals surface area (Å²) in [7, 11) is 0. The van der Waals surface area contributed by atoms with Crippen molar-refractivity contribution in [3.63, 3.8) is 0 Å². The summed E-state index contributed by atoms with van der Waals surface area (Å²) in [4.78, 5) is 12.0. The molecule has 118 valence electrons. The SMILES string of the molecule is N#CC1(NC(=O)c2cc(-c3ccccc3C(F)(F)F)on2)CC1. The van der Waals surface area contributed by atoms with E-state index in [4.69, 9.17) is 9.78 Å². The van der Waals surface area contributed by atoms with E-state index in [0.29, 0.717) is 12.8 Å². The summed E-state index contributed by atoms with van der Waals surface area (Å²) in [5, 5.41) is 14.9. The first-order chi connectivity index (χ1) is 10.8. The highest BCUT2D eigenvalue weighted by atomic mass is 19.4. The number of halogens is 3. The topological polar surface area (TPSA) is 78.9 Å². The molecule has 1 aliphatic carbocycles. The van der Waals surface area contributed by atoms with E-state index < -0.39 is 23.2 Å². The van der Waals surface area contributed by atoms with Crippen LogP contribution in [0, 0.1) is 11.3 Å². The van der Waals surface area contributed by atoms with Crippen LogP contribution in [0.15, 0.2) is 34.9 Å². The van der Waals surface area contributed by atoms with Gasteiger partial charge in [-0.2, -0.15) is 18.4 Å². The molecule has 0 aliphatic heterocycles. The zero-order valence-electron chi connectivity index (χ0n) is 11.6. The summed E-state index contributed by atoms with van der Waals surface area (Å²) in [6, 6.07) is 7.97. The lowest BCUT2D eigenvalue weighted by atomic mass is 10.0. The van der Waals surface area contributed by atoms with Crippen molar-refractivity contribution in [3.05, 3.63) is 41.6 Å². The van der Waals surface area contributed by atoms with Crippen LogP contribution in [-0.4, -0.2) is 16.6 Å². The van der Waals surface area contributed by atoms with Crippen molar-refractivity contribution in [2.45, 2.75) is 24.6 Å². The maximum absolute atomic E-state index is 13.0. The minimum Gasteiger partial charge on any atom is -0.355 e. The second-order valence-electron chi connectivity index (χ2n) is 5.27. The van der Waals surface area contributed by atoms with E-state index in [1.54, 1.807) is 0 Å². The second kappa shape index (κ2) is 5.12. The van der Waals surface area contributed by atoms with E-state index in [1.807, 2.05) is 6.07 Å². The molecule has 0 atom stereocenters. The van der Waals surface area contributed by atoms with Gasteiger partial charge in [-0.15, -0.1) is 0 Å². The van der Waals surface area contributed by atoms with E-state index in [1.165, 1.54) is 18.2 Å². The van der Waals surface area contributed by atoms with Crippen molar-refractivity contribution < 1.29 is 22.5 Å². The van der Waals surface area contributed by atoms with Gasteiger partial charge in [-0.3, -0.25) is 4.79 Å². The predicted octanol–water partition coefficient (Wildman–Crippen LogP) is 3.15. The summed E-state index contributed by atoms with van der Waals surface area (Å²) < 4.78 is 43.9. The fourth-order valence-electron chi connectivity index (χ4n) is 2.13. The fraction of sp³-hybridized carbons (Fsp3) is 0.267. The molecule has 8 heteroatoms. The quantitative estimate of drug-likeness (QED) is 0.942. The average Bonchev–Trinajstić information content (AvgIpc) is 3.11. The molecule has 0 unspecified atom stereocenters. The van der Waals surface area contributed by atoms with Crippen molar-refractivity contribution in [2.24, 2.45) is 0 Å². The summed E-state index contributed by atoms with van der Waals surface area (Å²) in [6.45, 7) is 0. The molecule has 1 aromatic heterocycles. The molecule has 1 aliphatic rings. The Labute approximate surface area is 128 Å². The number of hydrogen-bond acceptors (Lipinski definition) is 4. The molecular formula is C15H10F3N3O2. The van der Waals surface area contributed by atoms with Gasteiger partial charge in [-0.05, 0) is 18.9 Å². The molecule has 1 aromatic carbocycles. The Kier molecular flexibility index (Phi) is 3.36. The minimum atomic E-state index is -4.55. The number of benzene rings is 1. The standard InChI is InChI=1S/C15H10F3N3O2/c16-15(17,18)10-4-2-1-3-9(10)12-7-11(21-23-12)13(22)20-14(8-19)5-6-14/h1-4,7H,5-6H2,(H,20,22). The monoisotopic (exact) mass is 321 g/mol. The van der Waals surface area contributed by atoms with Crippen molar-refractivity contribution in [3.8, 4) is 17.4 Å². The lowest BCUT2D eigenvalue weighted by molar-refractivity contribution is -0.137. The van der Waals surface area contributed by atoms with Gasteiger partial charge in [0.1, 0.15) is 5.54 Å². The van der Waals surface area contributed by atoms with Crippen LogP contribution in [0.1, 0.15) is 28.9 Å². The van der Waals surface area contributed by atoms with Gasteiger partial charge in [-0.1, -0.05) is 23.4 Å². The minimum absolute atomic E-state index is 0.162. The van der Waals surface area contributed by atoms with E-state index in [-0.39, 0.29) is 17.0 Å². The smallest absolute Gasteiger partial charge is 0.355 e. The van der Waals surface area contributed by atoms with Crippen molar-refractivity contribution in [2.75, 3.05) is 0 Å². The molecule has 0 spiro atoms. The largest absolute Gasteiger partial charge is 0.417 e. The van der Waals surface area contributed by atoms with E-state index in [0.717, 1.165) is 12.1 Å². The number of alkyl halides is 3. The van der Waals surface area contributed by atoms with Crippen LogP contribution in [-0.2, 0) is 6.18 Å². The van der Waals surface area contributed by atoms with Crippen molar-refractivity contribution in [1.29, 1.82) is 5.26 Å². The third-order valence-electron chi connectivity index (χ3n) is 3.56. The highest BCUT2D eigenvalue weighted by molar-refractivity contribution is 5.94. The van der Waals surface area contributed by atoms with Gasteiger partial charge in [0.15, 0.2) is 11.5 Å². The maximum Gasteiger partial charge on any atom is 0.417 e. The molecule has 3 rings (SSSR count). The summed E-state index contributed by atoms with van der Waals surface area (Å²) in [5.74, 6) is -0.812. The lowest BCUT2D eigenvalue weighted by Gasteiger charge is -2.09. The predicted molar refractivity (Wildman–Crippen MR) is 72.0 cm³/mol. The molecule has 1 amide bonds. The third-order valence-corrected chi connectivity index (χ3v) is 3.56. The highest BCUT2D eigenvalue weighted by Gasteiger charge is 2.45. The zero-order valence-corrected chi connectivity index (χ0v) is 11.6. The summed E-state index contributed by atoms with van der Waals surface area (Å²) in [5.41, 5.74) is -2.13. The Balaban J connectivity index is 1.89. The van der Waals surface area contributed by atoms with E-state index in [9.17, 15) is 18.0 Å². The molecule has 1 N–H and O–H groups in total. The van der Waals surface area contributed by atoms with Crippen LogP contribution in [0.5, 0.6) is 0 Å². The number of rotatable bonds is 3. The molecule has 0 bridgehead atoms. The van der Waals surface area contributed by atoms with Gasteiger partial charge in [0, 0.05) is 11.6 Å². The van der Waals surface area contributed by atoms with Gasteiger partial charge < -0.3 is 9.84 Å². The van der Waals surface area contributed by atoms with Crippen LogP contribution < -0.4 is 5.32 Å². The number of hydrogen-bond donors (Lipinski definition) is 1. The first kappa shape index (κ1) is 15.1. The van der Waals surface area contributed by atoms with Gasteiger partial charge in [0.2, 0.25) is 0 Å². The number of nitrogens with zero attached hydrogens (tertiary/aromatic N) is 2. The molecule has 2 aromatic rings. The van der Waals surface area contributed by atoms with Crippen LogP contribution >= 0.6 is 0 Å². The molecule has 0 radical (unpaired) electrons. The fourth-order valence-corrected chi connectivity index (χ4v) is 2.13. The molecular weight excluding hydrogens is 311 g/mol. The number of amides is 1. The Morgan fingerprint density at radius 2 is 2.04 bits per heavy atom. The number of carbonyl (C=O) groups is 1. The number of aromatic nitrogens is 1. The number of carbonyl (C=O) groups excluding carboxylic acids is 1. The first-order valence-corrected chi connectivity index (χ1v) is 6.72. The summed E-state index contributed by atoms with van der Waals surface area (Å²) in [6.07, 6.45) is -3.47. The molecule has 23 heavy (non-hydrogen) atoms. The second-order valence-corrected chi connectivity index (χ2v) is 5.27. The third kappa shape index (κ3) is 2.90. The van der Waals surface area contributed by atoms with Gasteiger partial charge >= 0.3 is 6.18 Å². The highest BCUT2D eigenvalue weighted by Crippen LogP contribution is 2.37. The molecule has 1 saturated carbocycles. The number of nitrogens with one attached hydrogen (secondary N) is 1. The van der Waals surface area contributed by atoms with Crippen molar-refractivity contribution >= 4 is 5.91 Å². The Bertz CT molecular complexity index is 801. The first-order valence-electron chi connectivity index (χ1n) is 6.72. The van der Waals surface area contributed by atoms with Gasteiger partial charge in [-0.25, -0.2) is 0 Å². The van der Waals surface area contributed by atoms with Crippen LogP contribution in [0.2, 0.25) is 0 Å². The summed E-state index contributed by atoms with van der Waals surface area (Å²) >= 11 is 0. The van der Waals surface area contributed by atoms with Crippen LogP contribution in [0.25, 0.3) is 11.3 Å². The Morgan fingerprint density at radius 3 is 2.65 bits per heavy atom. The molecule has 5 nitrogen and oxygen atoms in total. The molecule has 1 fully saturated rings. The van der Waals surface area contributed by atoms with Crippen molar-refractivity contribution in [1.82, 2.24) is 10.5 Å². The normalized spacial score (nSPS) is 15.7. The molecule has 0 saturated heterocycles. The van der Waals surface area contributed by atoms with E-state index >= 15 is 0 Å². The van der Waals surface area contributed by atoms with Gasteiger partial charge in [0.25, 0.3) is 5.91 Å². The van der Waals surface area contributed by atoms with Crippen LogP contribution in [0.4, 0.5) is 13.2 Å². The van der Waals surface area contributed by atoms with Crippen LogP contribution in [0.3, 0.4) is 0 Å². The lowest BCUT2D eigenvalue weighted by Crippen LogP contribution is -2.35. The molecule has 1 heterocycles. The van der Waals surface area contributed by atoms with E-state index in [2.05, 4.69) is 10.5 Å². The maximum atomic E-state index is 13.0. The Morgan fingerprint density at radius 1 is 1.35 bits per heavy atom. The average molecular weight is 321 g/mol. The zero-order chi connectivity index (χ0) is 16.7.